The third kappa shape index (κ3) is 2.06. The molecular weight excluding hydrogens is 266 g/mol. The maximum atomic E-state index is 11.8. The average Bonchev–Trinajstić information content (AvgIpc) is 2.97. The molecule has 2 bridgehead atoms. The lowest BCUT2D eigenvalue weighted by Crippen LogP contribution is -2.47. The highest BCUT2D eigenvalue weighted by Crippen LogP contribution is 2.66. The first kappa shape index (κ1) is 15.3. The summed E-state index contributed by atoms with van der Waals surface area (Å²) in [5.74, 6) is 0.477. The zero-order valence-electron chi connectivity index (χ0n) is 13.8. The van der Waals surface area contributed by atoms with Crippen LogP contribution in [0.3, 0.4) is 0 Å². The number of esters is 1. The Hall–Kier alpha value is -0.610. The third-order valence-corrected chi connectivity index (χ3v) is 7.17. The van der Waals surface area contributed by atoms with E-state index in [4.69, 9.17) is 15.2 Å². The van der Waals surface area contributed by atoms with Crippen molar-refractivity contribution in [2.45, 2.75) is 77.0 Å². The monoisotopic (exact) mass is 295 g/mol. The summed E-state index contributed by atoms with van der Waals surface area (Å²) in [6, 6.07) is 0. The molecule has 0 aromatic rings. The Morgan fingerprint density at radius 1 is 1.19 bits per heavy atom. The molecule has 2 N–H and O–H groups in total. The molecule has 3 aliphatic carbocycles. The molecule has 0 aliphatic heterocycles. The minimum Gasteiger partial charge on any atom is -0.468 e. The van der Waals surface area contributed by atoms with Gasteiger partial charge in [0.25, 0.3) is 0 Å². The second-order valence-corrected chi connectivity index (χ2v) is 8.25. The van der Waals surface area contributed by atoms with Gasteiger partial charge in [0.05, 0.1) is 19.3 Å². The number of nitrogens with two attached hydrogens (primary N) is 1. The number of hydrogen-bond donors (Lipinski definition) is 1. The molecule has 3 fully saturated rings. The van der Waals surface area contributed by atoms with Crippen LogP contribution in [0.2, 0.25) is 0 Å². The van der Waals surface area contributed by atoms with Gasteiger partial charge in [-0.1, -0.05) is 20.8 Å². The summed E-state index contributed by atoms with van der Waals surface area (Å²) in [7, 11) is 1.41. The quantitative estimate of drug-likeness (QED) is 0.813. The summed E-state index contributed by atoms with van der Waals surface area (Å²) < 4.78 is 11.3. The molecule has 120 valence electrons. The fraction of sp³-hybridized carbons (Fsp3) is 0.941. The van der Waals surface area contributed by atoms with Crippen molar-refractivity contribution in [1.29, 1.82) is 0 Å². The fourth-order valence-corrected chi connectivity index (χ4v) is 5.10. The molecule has 5 unspecified atom stereocenters. The lowest BCUT2D eigenvalue weighted by atomic mass is 9.70. The van der Waals surface area contributed by atoms with Gasteiger partial charge in [-0.15, -0.1) is 0 Å². The molecule has 3 saturated carbocycles. The number of ether oxygens (including phenoxy) is 2. The average molecular weight is 295 g/mol. The van der Waals surface area contributed by atoms with Crippen LogP contribution >= 0.6 is 0 Å². The predicted molar refractivity (Wildman–Crippen MR) is 80.7 cm³/mol. The molecule has 5 atom stereocenters. The molecule has 0 aromatic heterocycles. The van der Waals surface area contributed by atoms with Crippen LogP contribution in [0.15, 0.2) is 0 Å². The molecule has 21 heavy (non-hydrogen) atoms. The highest BCUT2D eigenvalue weighted by molar-refractivity contribution is 5.80. The zero-order chi connectivity index (χ0) is 15.5. The zero-order valence-corrected chi connectivity index (χ0v) is 13.8. The van der Waals surface area contributed by atoms with E-state index in [1.54, 1.807) is 0 Å². The lowest BCUT2D eigenvalue weighted by Gasteiger charge is -2.40. The summed E-state index contributed by atoms with van der Waals surface area (Å²) in [5, 5.41) is 0. The fourth-order valence-electron chi connectivity index (χ4n) is 5.10. The molecular formula is C17H29NO3. The van der Waals surface area contributed by atoms with E-state index < -0.39 is 5.54 Å². The molecule has 4 heteroatoms. The normalized spacial score (nSPS) is 47.8. The van der Waals surface area contributed by atoms with Gasteiger partial charge in [0.1, 0.15) is 5.54 Å². The van der Waals surface area contributed by atoms with E-state index in [0.717, 1.165) is 18.8 Å². The number of hydrogen-bond acceptors (Lipinski definition) is 4. The van der Waals surface area contributed by atoms with Gasteiger partial charge in [0, 0.05) is 6.42 Å². The first-order chi connectivity index (χ1) is 9.73. The van der Waals surface area contributed by atoms with E-state index in [2.05, 4.69) is 20.8 Å². The SMILES string of the molecule is COC(=O)C1(N)CCC(OC2CC3CCC2(C)C3(C)C)C1. The van der Waals surface area contributed by atoms with Crippen molar-refractivity contribution in [3.63, 3.8) is 0 Å². The maximum Gasteiger partial charge on any atom is 0.325 e. The van der Waals surface area contributed by atoms with E-state index in [-0.39, 0.29) is 17.5 Å². The predicted octanol–water partition coefficient (Wildman–Crippen LogP) is 2.64. The number of methoxy groups -OCH3 is 1. The lowest BCUT2D eigenvalue weighted by molar-refractivity contribution is -0.147. The Morgan fingerprint density at radius 2 is 1.90 bits per heavy atom. The van der Waals surface area contributed by atoms with Gasteiger partial charge in [-0.3, -0.25) is 4.79 Å². The number of carbonyl (C=O) groups excluding carboxylic acids is 1. The van der Waals surface area contributed by atoms with Crippen molar-refractivity contribution in [1.82, 2.24) is 0 Å². The molecule has 0 aromatic carbocycles. The summed E-state index contributed by atoms with van der Waals surface area (Å²) in [4.78, 5) is 11.8. The van der Waals surface area contributed by atoms with Crippen LogP contribution in [0.25, 0.3) is 0 Å². The van der Waals surface area contributed by atoms with Crippen LogP contribution in [0.5, 0.6) is 0 Å². The van der Waals surface area contributed by atoms with Crippen molar-refractivity contribution in [3.05, 3.63) is 0 Å². The largest absolute Gasteiger partial charge is 0.468 e. The van der Waals surface area contributed by atoms with E-state index in [0.29, 0.717) is 24.4 Å². The number of carbonyl (C=O) groups is 1. The van der Waals surface area contributed by atoms with E-state index in [1.807, 2.05) is 0 Å². The van der Waals surface area contributed by atoms with Crippen molar-refractivity contribution in [2.75, 3.05) is 7.11 Å². The minimum atomic E-state index is -0.840. The molecule has 0 radical (unpaired) electrons. The Bertz CT molecular complexity index is 449. The molecule has 0 saturated heterocycles. The summed E-state index contributed by atoms with van der Waals surface area (Å²) in [6.45, 7) is 7.17. The maximum absolute atomic E-state index is 11.8. The molecule has 3 aliphatic rings. The van der Waals surface area contributed by atoms with E-state index >= 15 is 0 Å². The van der Waals surface area contributed by atoms with E-state index in [9.17, 15) is 4.79 Å². The molecule has 0 amide bonds. The van der Waals surface area contributed by atoms with Crippen LogP contribution in [-0.4, -0.2) is 30.8 Å². The number of rotatable bonds is 3. The summed E-state index contributed by atoms with van der Waals surface area (Å²) in [6.07, 6.45) is 6.29. The summed E-state index contributed by atoms with van der Waals surface area (Å²) >= 11 is 0. The standard InChI is InChI=1S/C17H29NO3/c1-15(2)11-5-7-16(15,3)13(9-11)21-12-6-8-17(18,10-12)14(19)20-4/h11-13H,5-10,18H2,1-4H3. The Balaban J connectivity index is 1.66. The van der Waals surface area contributed by atoms with Crippen molar-refractivity contribution in [2.24, 2.45) is 22.5 Å². The van der Waals surface area contributed by atoms with Crippen LogP contribution < -0.4 is 5.73 Å². The second kappa shape index (κ2) is 4.69. The first-order valence-electron chi connectivity index (χ1n) is 8.26. The van der Waals surface area contributed by atoms with E-state index in [1.165, 1.54) is 20.0 Å². The van der Waals surface area contributed by atoms with Crippen molar-refractivity contribution >= 4 is 5.97 Å². The molecule has 0 spiro atoms. The van der Waals surface area contributed by atoms with Crippen LogP contribution in [0, 0.1) is 16.7 Å². The topological polar surface area (TPSA) is 61.5 Å². The van der Waals surface area contributed by atoms with Crippen molar-refractivity contribution in [3.8, 4) is 0 Å². The third-order valence-electron chi connectivity index (χ3n) is 7.17. The van der Waals surface area contributed by atoms with Gasteiger partial charge in [-0.05, 0) is 48.9 Å². The minimum absolute atomic E-state index is 0.103. The van der Waals surface area contributed by atoms with Crippen LogP contribution in [-0.2, 0) is 14.3 Å². The van der Waals surface area contributed by atoms with Crippen molar-refractivity contribution < 1.29 is 14.3 Å². The highest BCUT2D eigenvalue weighted by atomic mass is 16.5. The van der Waals surface area contributed by atoms with Gasteiger partial charge in [-0.25, -0.2) is 0 Å². The summed E-state index contributed by atoms with van der Waals surface area (Å²) in [5.41, 5.74) is 5.97. The Labute approximate surface area is 127 Å². The second-order valence-electron chi connectivity index (χ2n) is 8.25. The van der Waals surface area contributed by atoms with Gasteiger partial charge in [0.2, 0.25) is 0 Å². The van der Waals surface area contributed by atoms with Crippen LogP contribution in [0.1, 0.15) is 59.3 Å². The van der Waals surface area contributed by atoms with Gasteiger partial charge >= 0.3 is 5.97 Å². The number of fused-ring (bicyclic) bond motifs is 2. The first-order valence-corrected chi connectivity index (χ1v) is 8.26. The smallest absolute Gasteiger partial charge is 0.325 e. The van der Waals surface area contributed by atoms with Gasteiger partial charge < -0.3 is 15.2 Å². The Morgan fingerprint density at radius 3 is 2.43 bits per heavy atom. The molecule has 0 heterocycles. The van der Waals surface area contributed by atoms with Crippen LogP contribution in [0.4, 0.5) is 0 Å². The molecule has 3 rings (SSSR count). The van der Waals surface area contributed by atoms with Gasteiger partial charge in [-0.2, -0.15) is 0 Å². The highest BCUT2D eigenvalue weighted by Gasteiger charge is 2.62. The molecule has 4 nitrogen and oxygen atoms in total. The Kier molecular flexibility index (Phi) is 3.42. The van der Waals surface area contributed by atoms with Gasteiger partial charge in [0.15, 0.2) is 0 Å².